The molecule has 4 heteroatoms. The van der Waals surface area contributed by atoms with Gasteiger partial charge in [0.05, 0.1) is 0 Å². The lowest BCUT2D eigenvalue weighted by atomic mass is 10.1. The quantitative estimate of drug-likeness (QED) is 0.687. The highest BCUT2D eigenvalue weighted by Crippen LogP contribution is 2.13. The normalized spacial score (nSPS) is 11.9. The molecule has 0 radical (unpaired) electrons. The van der Waals surface area contributed by atoms with Crippen molar-refractivity contribution in [1.82, 2.24) is 5.32 Å². The third-order valence-electron chi connectivity index (χ3n) is 2.51. The van der Waals surface area contributed by atoms with E-state index in [1.54, 1.807) is 0 Å². The third-order valence-corrected chi connectivity index (χ3v) is 2.51. The molecular formula is C13H21N3O. The van der Waals surface area contributed by atoms with Crippen molar-refractivity contribution in [2.45, 2.75) is 32.7 Å². The van der Waals surface area contributed by atoms with Crippen LogP contribution in [0.25, 0.3) is 0 Å². The van der Waals surface area contributed by atoms with Gasteiger partial charge in [-0.25, -0.2) is 4.79 Å². The number of amides is 2. The maximum Gasteiger partial charge on any atom is 0.319 e. The second-order valence-corrected chi connectivity index (χ2v) is 4.15. The third kappa shape index (κ3) is 4.87. The molecule has 0 aliphatic heterocycles. The van der Waals surface area contributed by atoms with Crippen molar-refractivity contribution < 1.29 is 4.79 Å². The van der Waals surface area contributed by atoms with Gasteiger partial charge < -0.3 is 16.4 Å². The number of hydrogen-bond donors (Lipinski definition) is 3. The molecule has 2 amide bonds. The molecule has 0 saturated heterocycles. The molecule has 1 rings (SSSR count). The molecule has 0 aromatic heterocycles. The molecule has 4 N–H and O–H groups in total. The molecule has 0 heterocycles. The van der Waals surface area contributed by atoms with Crippen molar-refractivity contribution in [3.8, 4) is 0 Å². The van der Waals surface area contributed by atoms with Crippen LogP contribution in [0.1, 0.15) is 38.3 Å². The fourth-order valence-corrected chi connectivity index (χ4v) is 1.42. The van der Waals surface area contributed by atoms with Gasteiger partial charge in [0.2, 0.25) is 0 Å². The van der Waals surface area contributed by atoms with Crippen LogP contribution >= 0.6 is 0 Å². The van der Waals surface area contributed by atoms with E-state index in [9.17, 15) is 4.79 Å². The lowest BCUT2D eigenvalue weighted by Gasteiger charge is -2.09. The fraction of sp³-hybridized carbons (Fsp3) is 0.462. The van der Waals surface area contributed by atoms with Crippen molar-refractivity contribution in [2.24, 2.45) is 5.73 Å². The minimum absolute atomic E-state index is 0.0161. The molecule has 0 saturated carbocycles. The summed E-state index contributed by atoms with van der Waals surface area (Å²) in [5.74, 6) is 0. The molecule has 1 aromatic carbocycles. The molecule has 0 fully saturated rings. The summed E-state index contributed by atoms with van der Waals surface area (Å²) in [6.07, 6.45) is 2.07. The molecule has 4 nitrogen and oxygen atoms in total. The number of nitrogens with two attached hydrogens (primary N) is 1. The highest BCUT2D eigenvalue weighted by molar-refractivity contribution is 5.89. The Hall–Kier alpha value is -1.55. The van der Waals surface area contributed by atoms with Gasteiger partial charge in [0.25, 0.3) is 0 Å². The summed E-state index contributed by atoms with van der Waals surface area (Å²) >= 11 is 0. The van der Waals surface area contributed by atoms with Gasteiger partial charge in [0, 0.05) is 18.3 Å². The van der Waals surface area contributed by atoms with Gasteiger partial charge in [-0.15, -0.1) is 0 Å². The molecule has 0 spiro atoms. The molecule has 1 unspecified atom stereocenters. The molecule has 17 heavy (non-hydrogen) atoms. The largest absolute Gasteiger partial charge is 0.338 e. The first kappa shape index (κ1) is 13.5. The predicted octanol–water partition coefficient (Wildman–Crippen LogP) is 2.63. The van der Waals surface area contributed by atoms with Gasteiger partial charge in [-0.05, 0) is 31.0 Å². The number of unbranched alkanes of at least 4 members (excludes halogenated alkanes) is 1. The molecular weight excluding hydrogens is 214 g/mol. The average Bonchev–Trinajstić information content (AvgIpc) is 2.30. The zero-order valence-electron chi connectivity index (χ0n) is 10.5. The van der Waals surface area contributed by atoms with E-state index < -0.39 is 0 Å². The van der Waals surface area contributed by atoms with Crippen LogP contribution in [0.3, 0.4) is 0 Å². The van der Waals surface area contributed by atoms with E-state index in [2.05, 4.69) is 17.6 Å². The number of carbonyl (C=O) groups excluding carboxylic acids is 1. The van der Waals surface area contributed by atoms with E-state index in [1.165, 1.54) is 0 Å². The molecule has 1 atom stereocenters. The number of anilines is 1. The van der Waals surface area contributed by atoms with Gasteiger partial charge in [0.15, 0.2) is 0 Å². The smallest absolute Gasteiger partial charge is 0.319 e. The summed E-state index contributed by atoms with van der Waals surface area (Å²) < 4.78 is 0. The summed E-state index contributed by atoms with van der Waals surface area (Å²) in [7, 11) is 0. The van der Waals surface area contributed by atoms with Crippen LogP contribution in [0.2, 0.25) is 0 Å². The topological polar surface area (TPSA) is 67.2 Å². The van der Waals surface area contributed by atoms with Crippen LogP contribution in [0, 0.1) is 0 Å². The number of hydrogen-bond acceptors (Lipinski definition) is 2. The monoisotopic (exact) mass is 235 g/mol. The van der Waals surface area contributed by atoms with E-state index in [0.717, 1.165) is 24.1 Å². The summed E-state index contributed by atoms with van der Waals surface area (Å²) in [6, 6.07) is 7.42. The van der Waals surface area contributed by atoms with E-state index >= 15 is 0 Å². The Morgan fingerprint density at radius 1 is 1.35 bits per heavy atom. The first-order valence-electron chi connectivity index (χ1n) is 6.04. The van der Waals surface area contributed by atoms with Crippen LogP contribution in [0.15, 0.2) is 24.3 Å². The van der Waals surface area contributed by atoms with E-state index in [-0.39, 0.29) is 12.1 Å². The Bertz CT molecular complexity index is 346. The van der Waals surface area contributed by atoms with Crippen molar-refractivity contribution in [3.63, 3.8) is 0 Å². The Labute approximate surface area is 103 Å². The second kappa shape index (κ2) is 6.91. The first-order valence-corrected chi connectivity index (χ1v) is 6.04. The zero-order chi connectivity index (χ0) is 12.7. The summed E-state index contributed by atoms with van der Waals surface area (Å²) in [5.41, 5.74) is 7.58. The molecule has 1 aromatic rings. The highest BCUT2D eigenvalue weighted by atomic mass is 16.2. The lowest BCUT2D eigenvalue weighted by Crippen LogP contribution is -2.29. The zero-order valence-corrected chi connectivity index (χ0v) is 10.5. The number of benzene rings is 1. The maximum atomic E-state index is 11.5. The predicted molar refractivity (Wildman–Crippen MR) is 71.0 cm³/mol. The van der Waals surface area contributed by atoms with Crippen LogP contribution in [-0.2, 0) is 0 Å². The number of urea groups is 1. The Morgan fingerprint density at radius 2 is 2.00 bits per heavy atom. The maximum absolute atomic E-state index is 11.5. The van der Waals surface area contributed by atoms with Crippen molar-refractivity contribution in [1.29, 1.82) is 0 Å². The van der Waals surface area contributed by atoms with Crippen LogP contribution in [0.5, 0.6) is 0 Å². The number of rotatable bonds is 5. The standard InChI is InChI=1S/C13H21N3O/c1-3-4-9-15-13(17)16-12-7-5-11(6-8-12)10(2)14/h5-8,10H,3-4,9,14H2,1-2H3,(H2,15,16,17). The number of carbonyl (C=O) groups is 1. The summed E-state index contributed by atoms with van der Waals surface area (Å²) in [4.78, 5) is 11.5. The highest BCUT2D eigenvalue weighted by Gasteiger charge is 2.02. The first-order chi connectivity index (χ1) is 8.13. The molecule has 0 aliphatic rings. The van der Waals surface area contributed by atoms with Gasteiger partial charge in [-0.3, -0.25) is 0 Å². The van der Waals surface area contributed by atoms with E-state index in [4.69, 9.17) is 5.73 Å². The average molecular weight is 235 g/mol. The molecule has 0 bridgehead atoms. The minimum Gasteiger partial charge on any atom is -0.338 e. The van der Waals surface area contributed by atoms with Crippen LogP contribution in [0.4, 0.5) is 10.5 Å². The van der Waals surface area contributed by atoms with Gasteiger partial charge in [0.1, 0.15) is 0 Å². The van der Waals surface area contributed by atoms with E-state index in [0.29, 0.717) is 6.54 Å². The fourth-order valence-electron chi connectivity index (χ4n) is 1.42. The Morgan fingerprint density at radius 3 is 2.53 bits per heavy atom. The van der Waals surface area contributed by atoms with Crippen LogP contribution in [-0.4, -0.2) is 12.6 Å². The van der Waals surface area contributed by atoms with Crippen molar-refractivity contribution in [2.75, 3.05) is 11.9 Å². The summed E-state index contributed by atoms with van der Waals surface area (Å²) in [6.45, 7) is 4.73. The van der Waals surface area contributed by atoms with Gasteiger partial charge >= 0.3 is 6.03 Å². The number of nitrogens with one attached hydrogen (secondary N) is 2. The van der Waals surface area contributed by atoms with Crippen molar-refractivity contribution in [3.05, 3.63) is 29.8 Å². The van der Waals surface area contributed by atoms with E-state index in [1.807, 2.05) is 31.2 Å². The lowest BCUT2D eigenvalue weighted by molar-refractivity contribution is 0.252. The second-order valence-electron chi connectivity index (χ2n) is 4.15. The Kier molecular flexibility index (Phi) is 5.49. The molecule has 0 aliphatic carbocycles. The van der Waals surface area contributed by atoms with Gasteiger partial charge in [-0.1, -0.05) is 25.5 Å². The minimum atomic E-state index is -0.160. The van der Waals surface area contributed by atoms with Gasteiger partial charge in [-0.2, -0.15) is 0 Å². The Balaban J connectivity index is 2.43. The molecule has 94 valence electrons. The van der Waals surface area contributed by atoms with Crippen molar-refractivity contribution >= 4 is 11.7 Å². The van der Waals surface area contributed by atoms with Crippen LogP contribution < -0.4 is 16.4 Å². The summed E-state index contributed by atoms with van der Waals surface area (Å²) in [5, 5.41) is 5.57. The SMILES string of the molecule is CCCCNC(=O)Nc1ccc(C(C)N)cc1.